The van der Waals surface area contributed by atoms with Crippen molar-refractivity contribution in [1.82, 2.24) is 20.2 Å². The molecule has 9 heteroatoms. The maximum absolute atomic E-state index is 13.2. The Morgan fingerprint density at radius 2 is 1.97 bits per heavy atom. The number of rotatable bonds is 9. The molecule has 0 saturated heterocycles. The van der Waals surface area contributed by atoms with Crippen molar-refractivity contribution in [2.45, 2.75) is 39.0 Å². The third-order valence-electron chi connectivity index (χ3n) is 5.81. The van der Waals surface area contributed by atoms with Crippen LogP contribution in [0.2, 0.25) is 0 Å². The predicted molar refractivity (Wildman–Crippen MR) is 142 cm³/mol. The highest BCUT2D eigenvalue weighted by atomic mass is 32.1. The van der Waals surface area contributed by atoms with Gasteiger partial charge in [-0.05, 0) is 56.6 Å². The van der Waals surface area contributed by atoms with E-state index in [4.69, 9.17) is 4.74 Å². The number of anilines is 1. The number of hydrogen-bond donors (Lipinski definition) is 1. The number of amides is 1. The molecule has 3 aromatic rings. The average molecular weight is 500 g/mol. The number of carbonyl (C=O) groups is 1. The molecule has 7 nitrogen and oxygen atoms in total. The van der Waals surface area contributed by atoms with E-state index < -0.39 is 0 Å². The first-order chi connectivity index (χ1) is 16.1. The van der Waals surface area contributed by atoms with Crippen LogP contribution in [0.1, 0.15) is 47.2 Å². The van der Waals surface area contributed by atoms with E-state index in [1.54, 1.807) is 17.5 Å². The second kappa shape index (κ2) is 12.2. The van der Waals surface area contributed by atoms with Crippen molar-refractivity contribution >= 4 is 36.6 Å². The molecular weight excluding hydrogens is 466 g/mol. The van der Waals surface area contributed by atoms with Crippen LogP contribution >= 0.6 is 24.8 Å². The molecule has 34 heavy (non-hydrogen) atoms. The Morgan fingerprint density at radius 3 is 2.65 bits per heavy atom. The van der Waals surface area contributed by atoms with Gasteiger partial charge in [-0.2, -0.15) is 13.5 Å². The minimum absolute atomic E-state index is 0. The summed E-state index contributed by atoms with van der Waals surface area (Å²) in [6, 6.07) is 12.5. The highest BCUT2D eigenvalue weighted by Gasteiger charge is 2.29. The molecule has 1 atom stereocenters. The van der Waals surface area contributed by atoms with Gasteiger partial charge in [-0.25, -0.2) is 9.97 Å². The normalized spacial score (nSPS) is 14.4. The summed E-state index contributed by atoms with van der Waals surface area (Å²) < 4.78 is 6.30. The first kappa shape index (κ1) is 26.0. The van der Waals surface area contributed by atoms with Gasteiger partial charge in [-0.3, -0.25) is 4.79 Å². The van der Waals surface area contributed by atoms with Gasteiger partial charge in [-0.1, -0.05) is 18.2 Å². The molecule has 182 valence electrons. The molecule has 0 spiro atoms. The van der Waals surface area contributed by atoms with Gasteiger partial charge in [0.05, 0.1) is 0 Å². The smallest absolute Gasteiger partial charge is 0.259 e. The Bertz CT molecular complexity index is 1040. The molecule has 1 aromatic carbocycles. The lowest BCUT2D eigenvalue weighted by Crippen LogP contribution is -2.37. The number of nitrogens with one attached hydrogen (secondary N) is 1. The minimum atomic E-state index is -0.0288. The van der Waals surface area contributed by atoms with Crippen molar-refractivity contribution in [1.29, 1.82) is 0 Å². The molecule has 1 N–H and O–H groups in total. The molecule has 1 aliphatic heterocycles. The fourth-order valence-corrected chi connectivity index (χ4v) is 4.82. The van der Waals surface area contributed by atoms with Crippen LogP contribution in [0.25, 0.3) is 0 Å². The van der Waals surface area contributed by atoms with Crippen LogP contribution in [0.4, 0.5) is 5.82 Å². The summed E-state index contributed by atoms with van der Waals surface area (Å²) in [5, 5.41) is 5.28. The fourth-order valence-electron chi connectivity index (χ4n) is 4.03. The number of hydrogen-bond acceptors (Lipinski definition) is 7. The predicted octanol–water partition coefficient (Wildman–Crippen LogP) is 4.25. The lowest BCUT2D eigenvalue weighted by molar-refractivity contribution is 0.0754. The average Bonchev–Trinajstić information content (AvgIpc) is 3.32. The third-order valence-corrected chi connectivity index (χ3v) is 6.77. The minimum Gasteiger partial charge on any atom is -0.485 e. The zero-order chi connectivity index (χ0) is 23.2. The van der Waals surface area contributed by atoms with E-state index in [9.17, 15) is 4.79 Å². The highest BCUT2D eigenvalue weighted by molar-refractivity contribution is 7.59. The molecule has 0 saturated carbocycles. The van der Waals surface area contributed by atoms with E-state index in [1.165, 1.54) is 11.2 Å². The SMILES string of the molecule is CNCC[C@H](Oc1ccc(CN2CCN(C(C)C)c3ncncc3C2=O)cc1)c1cccs1.S. The third kappa shape index (κ3) is 6.08. The summed E-state index contributed by atoms with van der Waals surface area (Å²) in [5.41, 5.74) is 1.63. The molecule has 1 amide bonds. The summed E-state index contributed by atoms with van der Waals surface area (Å²) in [6.07, 6.45) is 4.06. The van der Waals surface area contributed by atoms with Crippen LogP contribution in [0.15, 0.2) is 54.3 Å². The summed E-state index contributed by atoms with van der Waals surface area (Å²) in [5.74, 6) is 1.52. The summed E-state index contributed by atoms with van der Waals surface area (Å²) in [4.78, 5) is 27.0. The van der Waals surface area contributed by atoms with E-state index in [-0.39, 0.29) is 31.5 Å². The zero-order valence-corrected chi connectivity index (χ0v) is 21.7. The monoisotopic (exact) mass is 499 g/mol. The van der Waals surface area contributed by atoms with Gasteiger partial charge in [0.1, 0.15) is 29.6 Å². The molecule has 0 aliphatic carbocycles. The van der Waals surface area contributed by atoms with Crippen LogP contribution in [-0.4, -0.2) is 53.5 Å². The Morgan fingerprint density at radius 1 is 1.18 bits per heavy atom. The standard InChI is InChI=1S/C25H31N5O2S.H2S/c1-18(2)30-13-12-29(25(31)21-15-27-17-28-24(21)30)16-19-6-8-20(9-7-19)32-22(10-11-26-3)23-5-4-14-33-23;/h4-9,14-15,17-18,22,26H,10-13,16H2,1-3H3;1H2/t22-;/m0./s1. The van der Waals surface area contributed by atoms with Crippen molar-refractivity contribution < 1.29 is 9.53 Å². The van der Waals surface area contributed by atoms with E-state index >= 15 is 0 Å². The van der Waals surface area contributed by atoms with Crippen molar-refractivity contribution in [2.24, 2.45) is 0 Å². The molecule has 2 aromatic heterocycles. The molecule has 1 aliphatic rings. The second-order valence-electron chi connectivity index (χ2n) is 8.43. The van der Waals surface area contributed by atoms with Crippen molar-refractivity contribution in [2.75, 3.05) is 31.6 Å². The Labute approximate surface area is 212 Å². The topological polar surface area (TPSA) is 70.6 Å². The largest absolute Gasteiger partial charge is 0.485 e. The zero-order valence-electron chi connectivity index (χ0n) is 19.9. The number of aromatic nitrogens is 2. The Balaban J connectivity index is 0.00000324. The summed E-state index contributed by atoms with van der Waals surface area (Å²) >= 11 is 1.71. The van der Waals surface area contributed by atoms with E-state index in [2.05, 4.69) is 51.5 Å². The fraction of sp³-hybridized carbons (Fsp3) is 0.400. The van der Waals surface area contributed by atoms with Gasteiger partial charge in [0.15, 0.2) is 0 Å². The molecule has 4 rings (SSSR count). The van der Waals surface area contributed by atoms with Crippen LogP contribution in [0, 0.1) is 0 Å². The number of nitrogens with zero attached hydrogens (tertiary/aromatic N) is 4. The number of benzene rings is 1. The van der Waals surface area contributed by atoms with Gasteiger partial charge >= 0.3 is 0 Å². The summed E-state index contributed by atoms with van der Waals surface area (Å²) in [6.45, 7) is 7.03. The maximum Gasteiger partial charge on any atom is 0.259 e. The molecule has 0 fully saturated rings. The van der Waals surface area contributed by atoms with Gasteiger partial charge in [0.25, 0.3) is 5.91 Å². The maximum atomic E-state index is 13.2. The van der Waals surface area contributed by atoms with E-state index in [0.717, 1.165) is 36.6 Å². The van der Waals surface area contributed by atoms with Gasteiger partial charge in [0, 0.05) is 43.2 Å². The van der Waals surface area contributed by atoms with Crippen molar-refractivity contribution in [3.63, 3.8) is 0 Å². The number of thiophene rings is 1. The number of fused-ring (bicyclic) bond motifs is 1. The second-order valence-corrected chi connectivity index (χ2v) is 9.41. The lowest BCUT2D eigenvalue weighted by Gasteiger charge is -2.27. The van der Waals surface area contributed by atoms with Gasteiger partial charge < -0.3 is 19.9 Å². The van der Waals surface area contributed by atoms with E-state index in [0.29, 0.717) is 18.7 Å². The van der Waals surface area contributed by atoms with Gasteiger partial charge in [0.2, 0.25) is 0 Å². The molecular formula is C25H33N5O2S2. The van der Waals surface area contributed by atoms with Crippen LogP contribution in [0.5, 0.6) is 5.75 Å². The Kier molecular flexibility index (Phi) is 9.32. The molecule has 3 heterocycles. The first-order valence-corrected chi connectivity index (χ1v) is 12.2. The van der Waals surface area contributed by atoms with E-state index in [1.807, 2.05) is 36.2 Å². The first-order valence-electron chi connectivity index (χ1n) is 11.4. The highest BCUT2D eigenvalue weighted by Crippen LogP contribution is 2.29. The molecule has 0 unspecified atom stereocenters. The lowest BCUT2D eigenvalue weighted by atomic mass is 10.1. The van der Waals surface area contributed by atoms with Crippen LogP contribution in [0.3, 0.4) is 0 Å². The molecule has 0 radical (unpaired) electrons. The van der Waals surface area contributed by atoms with Crippen molar-refractivity contribution in [3.05, 3.63) is 70.3 Å². The van der Waals surface area contributed by atoms with Crippen LogP contribution in [-0.2, 0) is 6.54 Å². The van der Waals surface area contributed by atoms with Gasteiger partial charge in [-0.15, -0.1) is 11.3 Å². The number of carbonyl (C=O) groups excluding carboxylic acids is 1. The molecule has 0 bridgehead atoms. The number of ether oxygens (including phenoxy) is 1. The van der Waals surface area contributed by atoms with Crippen molar-refractivity contribution in [3.8, 4) is 5.75 Å². The van der Waals surface area contributed by atoms with Crippen LogP contribution < -0.4 is 15.0 Å². The quantitative estimate of drug-likeness (QED) is 0.475. The Hall–Kier alpha value is -2.62. The summed E-state index contributed by atoms with van der Waals surface area (Å²) in [7, 11) is 1.95.